The summed E-state index contributed by atoms with van der Waals surface area (Å²) in [7, 11) is 0. The fourth-order valence-corrected chi connectivity index (χ4v) is 2.69. The van der Waals surface area contributed by atoms with Crippen LogP contribution in [-0.2, 0) is 6.42 Å². The molecule has 0 bridgehead atoms. The second-order valence-electron chi connectivity index (χ2n) is 5.43. The molecule has 20 heavy (non-hydrogen) atoms. The second kappa shape index (κ2) is 5.71. The lowest BCUT2D eigenvalue weighted by Gasteiger charge is -2.25. The lowest BCUT2D eigenvalue weighted by Crippen LogP contribution is -2.34. The van der Waals surface area contributed by atoms with E-state index < -0.39 is 0 Å². The summed E-state index contributed by atoms with van der Waals surface area (Å²) in [5, 5.41) is 7.42. The monoisotopic (exact) mass is 275 g/mol. The van der Waals surface area contributed by atoms with Gasteiger partial charge in [0.1, 0.15) is 5.82 Å². The molecule has 3 rings (SSSR count). The van der Waals surface area contributed by atoms with Gasteiger partial charge in [-0.2, -0.15) is 4.98 Å². The smallest absolute Gasteiger partial charge is 0.229 e. The third-order valence-electron chi connectivity index (χ3n) is 3.71. The van der Waals surface area contributed by atoms with E-state index in [2.05, 4.69) is 22.4 Å². The maximum atomic E-state index is 13.1. The molecule has 5 heteroatoms. The zero-order chi connectivity index (χ0) is 13.9. The van der Waals surface area contributed by atoms with Crippen molar-refractivity contribution in [1.82, 2.24) is 15.5 Å². The molecule has 2 atom stereocenters. The minimum Gasteiger partial charge on any atom is -0.339 e. The third-order valence-corrected chi connectivity index (χ3v) is 3.71. The molecule has 106 valence electrons. The minimum atomic E-state index is -0.238. The molecule has 0 unspecified atom stereocenters. The Hall–Kier alpha value is -1.75. The van der Waals surface area contributed by atoms with Gasteiger partial charge in [-0.05, 0) is 44.0 Å². The van der Waals surface area contributed by atoms with Crippen molar-refractivity contribution in [3.63, 3.8) is 0 Å². The molecule has 0 aliphatic carbocycles. The molecule has 0 amide bonds. The summed E-state index contributed by atoms with van der Waals surface area (Å²) < 4.78 is 18.5. The Morgan fingerprint density at radius 2 is 2.35 bits per heavy atom. The van der Waals surface area contributed by atoms with Gasteiger partial charge in [0.15, 0.2) is 5.82 Å². The third kappa shape index (κ3) is 3.04. The molecule has 2 aromatic rings. The first-order valence-electron chi connectivity index (χ1n) is 7.01. The summed E-state index contributed by atoms with van der Waals surface area (Å²) in [5.41, 5.74) is 0.857. The van der Waals surface area contributed by atoms with Gasteiger partial charge in [-0.1, -0.05) is 17.3 Å². The largest absolute Gasteiger partial charge is 0.339 e. The van der Waals surface area contributed by atoms with Crippen molar-refractivity contribution in [3.8, 4) is 0 Å². The lowest BCUT2D eigenvalue weighted by atomic mass is 9.93. The highest BCUT2D eigenvalue weighted by Crippen LogP contribution is 2.26. The predicted molar refractivity (Wildman–Crippen MR) is 72.9 cm³/mol. The first-order chi connectivity index (χ1) is 9.70. The van der Waals surface area contributed by atoms with Gasteiger partial charge in [0.2, 0.25) is 5.89 Å². The molecule has 4 nitrogen and oxygen atoms in total. The van der Waals surface area contributed by atoms with E-state index in [1.54, 1.807) is 6.07 Å². The molecule has 0 saturated carbocycles. The van der Waals surface area contributed by atoms with Crippen molar-refractivity contribution in [1.29, 1.82) is 0 Å². The zero-order valence-corrected chi connectivity index (χ0v) is 11.5. The van der Waals surface area contributed by atoms with Crippen molar-refractivity contribution in [3.05, 3.63) is 47.4 Å². The number of nitrogens with zero attached hydrogens (tertiary/aromatic N) is 2. The van der Waals surface area contributed by atoms with Crippen molar-refractivity contribution >= 4 is 0 Å². The van der Waals surface area contributed by atoms with Gasteiger partial charge in [-0.3, -0.25) is 0 Å². The van der Waals surface area contributed by atoms with E-state index in [0.717, 1.165) is 24.9 Å². The summed E-state index contributed by atoms with van der Waals surface area (Å²) in [5.74, 6) is 1.43. The molecule has 2 heterocycles. The Kier molecular flexibility index (Phi) is 3.78. The van der Waals surface area contributed by atoms with Crippen LogP contribution in [0.2, 0.25) is 0 Å². The van der Waals surface area contributed by atoms with E-state index in [-0.39, 0.29) is 5.82 Å². The molecule has 0 radical (unpaired) electrons. The van der Waals surface area contributed by atoms with Gasteiger partial charge in [-0.25, -0.2) is 4.39 Å². The molecule has 1 aromatic heterocycles. The minimum absolute atomic E-state index is 0.238. The van der Waals surface area contributed by atoms with Crippen molar-refractivity contribution in [2.24, 2.45) is 0 Å². The highest BCUT2D eigenvalue weighted by atomic mass is 19.1. The summed E-state index contributed by atoms with van der Waals surface area (Å²) in [6.07, 6.45) is 2.54. The number of aromatic nitrogens is 2. The molecule has 1 aliphatic heterocycles. The van der Waals surface area contributed by atoms with E-state index in [1.165, 1.54) is 12.1 Å². The Morgan fingerprint density at radius 1 is 1.45 bits per heavy atom. The highest BCUT2D eigenvalue weighted by molar-refractivity contribution is 5.19. The van der Waals surface area contributed by atoms with E-state index in [4.69, 9.17) is 4.52 Å². The molecule has 1 aromatic carbocycles. The van der Waals surface area contributed by atoms with E-state index in [9.17, 15) is 4.39 Å². The number of halogens is 1. The van der Waals surface area contributed by atoms with Crippen LogP contribution in [-0.4, -0.2) is 22.7 Å². The summed E-state index contributed by atoms with van der Waals surface area (Å²) in [6, 6.07) is 6.98. The molecule has 1 aliphatic rings. The Labute approximate surface area is 117 Å². The van der Waals surface area contributed by atoms with Crippen LogP contribution in [0.3, 0.4) is 0 Å². The molecule has 1 saturated heterocycles. The SMILES string of the molecule is C[C@H]1C[C@@H](c2nc(Cc3cccc(F)c3)no2)CCN1. The van der Waals surface area contributed by atoms with Gasteiger partial charge < -0.3 is 9.84 Å². The average Bonchev–Trinajstić information content (AvgIpc) is 2.87. The summed E-state index contributed by atoms with van der Waals surface area (Å²) in [6.45, 7) is 3.14. The summed E-state index contributed by atoms with van der Waals surface area (Å²) in [4.78, 5) is 4.47. The van der Waals surface area contributed by atoms with Gasteiger partial charge >= 0.3 is 0 Å². The Morgan fingerprint density at radius 3 is 3.15 bits per heavy atom. The van der Waals surface area contributed by atoms with Crippen LogP contribution < -0.4 is 5.32 Å². The molecular formula is C15H18FN3O. The van der Waals surface area contributed by atoms with Crippen LogP contribution in [0.15, 0.2) is 28.8 Å². The molecular weight excluding hydrogens is 257 g/mol. The maximum absolute atomic E-state index is 13.1. The molecule has 0 spiro atoms. The Bertz CT molecular complexity index is 584. The van der Waals surface area contributed by atoms with Crippen LogP contribution in [0.4, 0.5) is 4.39 Å². The van der Waals surface area contributed by atoms with Crippen LogP contribution in [0, 0.1) is 5.82 Å². The molecule has 1 fully saturated rings. The standard InChI is InChI=1S/C15H18FN3O/c1-10-7-12(5-6-17-10)15-18-14(19-20-15)9-11-3-2-4-13(16)8-11/h2-4,8,10,12,17H,5-7,9H2,1H3/t10-,12-/m0/s1. The highest BCUT2D eigenvalue weighted by Gasteiger charge is 2.24. The number of hydrogen-bond acceptors (Lipinski definition) is 4. The van der Waals surface area contributed by atoms with Gasteiger partial charge in [0, 0.05) is 18.4 Å². The number of rotatable bonds is 3. The predicted octanol–water partition coefficient (Wildman–Crippen LogP) is 2.66. The number of nitrogens with one attached hydrogen (secondary N) is 1. The van der Waals surface area contributed by atoms with E-state index >= 15 is 0 Å². The van der Waals surface area contributed by atoms with Crippen LogP contribution in [0.5, 0.6) is 0 Å². The topological polar surface area (TPSA) is 51.0 Å². The quantitative estimate of drug-likeness (QED) is 0.935. The van der Waals surface area contributed by atoms with Gasteiger partial charge in [0.25, 0.3) is 0 Å². The van der Waals surface area contributed by atoms with Crippen molar-refractivity contribution in [2.45, 2.75) is 38.1 Å². The fraction of sp³-hybridized carbons (Fsp3) is 0.467. The van der Waals surface area contributed by atoms with E-state index in [1.807, 2.05) is 6.07 Å². The number of piperidine rings is 1. The lowest BCUT2D eigenvalue weighted by molar-refractivity contribution is 0.294. The second-order valence-corrected chi connectivity index (χ2v) is 5.43. The number of hydrogen-bond donors (Lipinski definition) is 1. The number of benzene rings is 1. The average molecular weight is 275 g/mol. The van der Waals surface area contributed by atoms with Crippen LogP contribution in [0.1, 0.15) is 43.0 Å². The Balaban J connectivity index is 1.70. The molecule has 1 N–H and O–H groups in total. The first-order valence-corrected chi connectivity index (χ1v) is 7.01. The fourth-order valence-electron chi connectivity index (χ4n) is 2.69. The first kappa shape index (κ1) is 13.2. The van der Waals surface area contributed by atoms with Crippen molar-refractivity contribution in [2.75, 3.05) is 6.54 Å². The van der Waals surface area contributed by atoms with Crippen LogP contribution >= 0.6 is 0 Å². The van der Waals surface area contributed by atoms with Crippen molar-refractivity contribution < 1.29 is 8.91 Å². The van der Waals surface area contributed by atoms with Gasteiger partial charge in [0.05, 0.1) is 0 Å². The summed E-state index contributed by atoms with van der Waals surface area (Å²) >= 11 is 0. The maximum Gasteiger partial charge on any atom is 0.229 e. The van der Waals surface area contributed by atoms with Crippen LogP contribution in [0.25, 0.3) is 0 Å². The van der Waals surface area contributed by atoms with Gasteiger partial charge in [-0.15, -0.1) is 0 Å². The zero-order valence-electron chi connectivity index (χ0n) is 11.5. The normalized spacial score (nSPS) is 22.9. The van der Waals surface area contributed by atoms with E-state index in [0.29, 0.717) is 30.1 Å².